The van der Waals surface area contributed by atoms with Crippen LogP contribution in [-0.4, -0.2) is 12.2 Å². The zero-order chi connectivity index (χ0) is 11.7. The highest BCUT2D eigenvalue weighted by Gasteiger charge is 2.05. The number of benzene rings is 1. The molecule has 0 aliphatic heterocycles. The van der Waals surface area contributed by atoms with E-state index in [2.05, 4.69) is 5.32 Å². The highest BCUT2D eigenvalue weighted by Crippen LogP contribution is 2.22. The third-order valence-corrected chi connectivity index (χ3v) is 1.56. The molecule has 0 aliphatic rings. The van der Waals surface area contributed by atoms with Crippen molar-refractivity contribution in [3.63, 3.8) is 0 Å². The van der Waals surface area contributed by atoms with Gasteiger partial charge in [-0.1, -0.05) is 18.1 Å². The maximum atomic E-state index is 9.63. The first-order valence-corrected chi connectivity index (χ1v) is 3.38. The molecule has 2 heteroatoms. The van der Waals surface area contributed by atoms with Crippen molar-refractivity contribution in [2.75, 3.05) is 7.05 Å². The third kappa shape index (κ3) is 1.71. The van der Waals surface area contributed by atoms with Crippen LogP contribution in [0, 0.1) is 0 Å². The van der Waals surface area contributed by atoms with Crippen LogP contribution < -0.4 is 5.32 Å². The molecule has 0 fully saturated rings. The third-order valence-electron chi connectivity index (χ3n) is 1.56. The molecule has 0 aliphatic carbocycles. The summed E-state index contributed by atoms with van der Waals surface area (Å²) in [4.78, 5) is 0. The van der Waals surface area contributed by atoms with E-state index in [1.54, 1.807) is 14.0 Å². The number of hydrogen-bond acceptors (Lipinski definition) is 2. The topological polar surface area (TPSA) is 32.3 Å². The van der Waals surface area contributed by atoms with Crippen molar-refractivity contribution < 1.29 is 10.6 Å². The average molecular weight is 155 g/mol. The second-order valence-electron chi connectivity index (χ2n) is 2.27. The number of rotatable bonds is 2. The monoisotopic (exact) mass is 155 g/mol. The van der Waals surface area contributed by atoms with Crippen LogP contribution in [-0.2, 0) is 0 Å². The van der Waals surface area contributed by atoms with Crippen molar-refractivity contribution in [2.45, 2.75) is 13.0 Å². The van der Waals surface area contributed by atoms with Gasteiger partial charge in [0.2, 0.25) is 0 Å². The summed E-state index contributed by atoms with van der Waals surface area (Å²) >= 11 is 0. The second-order valence-corrected chi connectivity index (χ2v) is 2.27. The van der Waals surface area contributed by atoms with Crippen molar-refractivity contribution >= 4 is 0 Å². The molecule has 1 aromatic carbocycles. The molecule has 2 N–H and O–H groups in total. The van der Waals surface area contributed by atoms with Gasteiger partial charge in [-0.3, -0.25) is 0 Å². The summed E-state index contributed by atoms with van der Waals surface area (Å²) in [5.41, 5.74) is 0.198. The van der Waals surface area contributed by atoms with Gasteiger partial charge in [-0.25, -0.2) is 0 Å². The molecule has 0 bridgehead atoms. The molecule has 0 saturated carbocycles. The summed E-state index contributed by atoms with van der Waals surface area (Å²) in [6.07, 6.45) is 0. The average Bonchev–Trinajstić information content (AvgIpc) is 2.23. The number of aromatic hydroxyl groups is 1. The maximum Gasteiger partial charge on any atom is 0.120 e. The number of hydrogen-bond donors (Lipinski definition) is 2. The van der Waals surface area contributed by atoms with E-state index in [-0.39, 0.29) is 29.4 Å². The van der Waals surface area contributed by atoms with Gasteiger partial charge in [0.1, 0.15) is 5.75 Å². The van der Waals surface area contributed by atoms with Crippen molar-refractivity contribution in [3.05, 3.63) is 29.7 Å². The molecule has 0 radical (unpaired) electrons. The van der Waals surface area contributed by atoms with Crippen LogP contribution in [0.2, 0.25) is 0 Å². The van der Waals surface area contributed by atoms with Gasteiger partial charge in [-0.2, -0.15) is 0 Å². The predicted molar refractivity (Wildman–Crippen MR) is 45.6 cm³/mol. The molecular weight excluding hydrogens is 138 g/mol. The Hall–Kier alpha value is -1.02. The highest BCUT2D eigenvalue weighted by atomic mass is 16.3. The van der Waals surface area contributed by atoms with Crippen LogP contribution >= 0.6 is 0 Å². The summed E-state index contributed by atoms with van der Waals surface area (Å²) in [6.45, 7) is 1.72. The van der Waals surface area contributed by atoms with Gasteiger partial charge in [0, 0.05) is 11.6 Å². The first kappa shape index (κ1) is 4.12. The quantitative estimate of drug-likeness (QED) is 0.681. The molecule has 0 heterocycles. The van der Waals surface area contributed by atoms with Gasteiger partial charge < -0.3 is 10.4 Å². The summed E-state index contributed by atoms with van der Waals surface area (Å²) < 4.78 is 29.8. The molecule has 60 valence electrons. The zero-order valence-corrected chi connectivity index (χ0v) is 6.52. The first-order valence-electron chi connectivity index (χ1n) is 5.38. The SMILES string of the molecule is [2H]c1c([2H])c([2H])c(C(C)NC)c(O)c1[2H]. The van der Waals surface area contributed by atoms with Crippen molar-refractivity contribution in [2.24, 2.45) is 0 Å². The molecule has 2 nitrogen and oxygen atoms in total. The van der Waals surface area contributed by atoms with Crippen molar-refractivity contribution in [1.29, 1.82) is 0 Å². The Bertz CT molecular complexity index is 365. The van der Waals surface area contributed by atoms with Crippen LogP contribution in [0.15, 0.2) is 24.2 Å². The minimum Gasteiger partial charge on any atom is -0.508 e. The van der Waals surface area contributed by atoms with E-state index in [1.165, 1.54) is 0 Å². The van der Waals surface area contributed by atoms with Gasteiger partial charge in [0.25, 0.3) is 0 Å². The first-order chi connectivity index (χ1) is 6.91. The minimum atomic E-state index is -0.412. The van der Waals surface area contributed by atoms with E-state index >= 15 is 0 Å². The molecule has 0 aromatic heterocycles. The lowest BCUT2D eigenvalue weighted by molar-refractivity contribution is 0.458. The fourth-order valence-electron chi connectivity index (χ4n) is 0.773. The number of phenols is 1. The standard InChI is InChI=1S/C9H13NO/c1-7(10-2)8-5-3-4-6-9(8)11/h3-7,10-11H,1-2H3/i3D,4D,5D,6D. The Balaban J connectivity index is 3.52. The molecule has 1 unspecified atom stereocenters. The lowest BCUT2D eigenvalue weighted by Gasteiger charge is -2.11. The summed E-state index contributed by atoms with van der Waals surface area (Å²) in [6, 6.07) is -1.66. The van der Waals surface area contributed by atoms with E-state index in [9.17, 15) is 5.11 Å². The Kier molecular flexibility index (Phi) is 1.27. The molecule has 0 saturated heterocycles. The largest absolute Gasteiger partial charge is 0.508 e. The number of para-hydroxylation sites is 1. The summed E-state index contributed by atoms with van der Waals surface area (Å²) in [5.74, 6) is -0.386. The lowest BCUT2D eigenvalue weighted by atomic mass is 10.1. The molecule has 1 atom stereocenters. The van der Waals surface area contributed by atoms with Gasteiger partial charge >= 0.3 is 0 Å². The lowest BCUT2D eigenvalue weighted by Crippen LogP contribution is -2.12. The van der Waals surface area contributed by atoms with E-state index in [1.807, 2.05) is 0 Å². The minimum absolute atomic E-state index is 0.198. The fourth-order valence-corrected chi connectivity index (χ4v) is 0.773. The summed E-state index contributed by atoms with van der Waals surface area (Å²) in [7, 11) is 1.66. The predicted octanol–water partition coefficient (Wildman–Crippen LogP) is 1.67. The molecular formula is C9H13NO. The van der Waals surface area contributed by atoms with E-state index in [0.29, 0.717) is 0 Å². The Morgan fingerprint density at radius 2 is 2.18 bits per heavy atom. The van der Waals surface area contributed by atoms with Gasteiger partial charge in [-0.15, -0.1) is 0 Å². The van der Waals surface area contributed by atoms with Gasteiger partial charge in [0.15, 0.2) is 0 Å². The number of phenolic OH excluding ortho intramolecular Hbond substituents is 1. The second kappa shape index (κ2) is 3.39. The molecule has 1 aromatic rings. The van der Waals surface area contributed by atoms with Crippen LogP contribution in [0.25, 0.3) is 0 Å². The fraction of sp³-hybridized carbons (Fsp3) is 0.333. The molecule has 11 heavy (non-hydrogen) atoms. The van der Waals surface area contributed by atoms with Crippen LogP contribution in [0.1, 0.15) is 24.0 Å². The zero-order valence-electron chi connectivity index (χ0n) is 10.5. The maximum absolute atomic E-state index is 9.63. The normalized spacial score (nSPS) is 18.0. The Labute approximate surface area is 72.5 Å². The van der Waals surface area contributed by atoms with E-state index < -0.39 is 12.1 Å². The van der Waals surface area contributed by atoms with Gasteiger partial charge in [0.05, 0.1) is 5.48 Å². The van der Waals surface area contributed by atoms with E-state index in [4.69, 9.17) is 5.48 Å². The Morgan fingerprint density at radius 3 is 2.82 bits per heavy atom. The van der Waals surface area contributed by atoms with Crippen LogP contribution in [0.5, 0.6) is 5.75 Å². The Morgan fingerprint density at radius 1 is 1.55 bits per heavy atom. The smallest absolute Gasteiger partial charge is 0.120 e. The van der Waals surface area contributed by atoms with Crippen LogP contribution in [0.4, 0.5) is 0 Å². The summed E-state index contributed by atoms with van der Waals surface area (Å²) in [5, 5.41) is 12.5. The molecule has 0 spiro atoms. The van der Waals surface area contributed by atoms with Crippen molar-refractivity contribution in [3.8, 4) is 5.75 Å². The van der Waals surface area contributed by atoms with Crippen molar-refractivity contribution in [1.82, 2.24) is 5.32 Å². The van der Waals surface area contributed by atoms with Gasteiger partial charge in [-0.05, 0) is 20.0 Å². The van der Waals surface area contributed by atoms with E-state index in [0.717, 1.165) is 0 Å². The highest BCUT2D eigenvalue weighted by molar-refractivity contribution is 5.33. The molecule has 1 rings (SSSR count). The molecule has 0 amide bonds. The van der Waals surface area contributed by atoms with Crippen LogP contribution in [0.3, 0.4) is 0 Å². The number of nitrogens with one attached hydrogen (secondary N) is 1.